The molecular formula is C8H13N5O2S. The molecule has 88 valence electrons. The molecule has 0 saturated heterocycles. The van der Waals surface area contributed by atoms with E-state index in [0.29, 0.717) is 17.5 Å². The van der Waals surface area contributed by atoms with E-state index in [2.05, 4.69) is 15.0 Å². The molecule has 8 heteroatoms. The van der Waals surface area contributed by atoms with Gasteiger partial charge in [-0.15, -0.1) is 11.8 Å². The Labute approximate surface area is 97.1 Å². The average Bonchev–Trinajstić information content (AvgIpc) is 2.16. The van der Waals surface area contributed by atoms with E-state index in [9.17, 15) is 4.79 Å². The van der Waals surface area contributed by atoms with Crippen molar-refractivity contribution in [3.05, 3.63) is 5.82 Å². The maximum atomic E-state index is 10.3. The number of nitrogens with zero attached hydrogens (tertiary/aromatic N) is 4. The standard InChI is InChI=1S/C8H13N5O2S/c1-13(2)8-11-5(10-7(9)12-8)3-16-4-6(14)15/h3-4H2,1-2H3,(H,14,15)(H2,9,10,11,12). The number of anilines is 2. The smallest absolute Gasteiger partial charge is 0.313 e. The van der Waals surface area contributed by atoms with Gasteiger partial charge in [-0.05, 0) is 0 Å². The van der Waals surface area contributed by atoms with Gasteiger partial charge in [-0.3, -0.25) is 4.79 Å². The summed E-state index contributed by atoms with van der Waals surface area (Å²) >= 11 is 1.22. The molecule has 0 amide bonds. The Morgan fingerprint density at radius 3 is 2.69 bits per heavy atom. The number of nitrogens with two attached hydrogens (primary N) is 1. The van der Waals surface area contributed by atoms with Gasteiger partial charge in [0.2, 0.25) is 11.9 Å². The zero-order valence-electron chi connectivity index (χ0n) is 9.04. The maximum Gasteiger partial charge on any atom is 0.313 e. The maximum absolute atomic E-state index is 10.3. The topological polar surface area (TPSA) is 105 Å². The van der Waals surface area contributed by atoms with Crippen molar-refractivity contribution in [2.75, 3.05) is 30.5 Å². The first-order valence-electron chi connectivity index (χ1n) is 4.46. The molecule has 0 aromatic carbocycles. The summed E-state index contributed by atoms with van der Waals surface area (Å²) in [7, 11) is 3.59. The summed E-state index contributed by atoms with van der Waals surface area (Å²) < 4.78 is 0. The van der Waals surface area contributed by atoms with Gasteiger partial charge in [0.25, 0.3) is 0 Å². The molecular weight excluding hydrogens is 230 g/mol. The summed E-state index contributed by atoms with van der Waals surface area (Å²) in [6, 6.07) is 0. The predicted octanol–water partition coefficient (Wildman–Crippen LogP) is -0.162. The van der Waals surface area contributed by atoms with E-state index in [1.54, 1.807) is 19.0 Å². The first-order chi connectivity index (χ1) is 7.49. The third-order valence-electron chi connectivity index (χ3n) is 1.54. The molecule has 1 heterocycles. The number of rotatable bonds is 5. The number of carboxylic acid groups (broad SMARTS) is 1. The van der Waals surface area contributed by atoms with Crippen molar-refractivity contribution < 1.29 is 9.90 Å². The molecule has 7 nitrogen and oxygen atoms in total. The Morgan fingerprint density at radius 1 is 1.44 bits per heavy atom. The van der Waals surface area contributed by atoms with Crippen LogP contribution in [0.1, 0.15) is 5.82 Å². The van der Waals surface area contributed by atoms with Crippen LogP contribution in [0, 0.1) is 0 Å². The van der Waals surface area contributed by atoms with Crippen molar-refractivity contribution in [3.63, 3.8) is 0 Å². The van der Waals surface area contributed by atoms with Crippen LogP contribution >= 0.6 is 11.8 Å². The highest BCUT2D eigenvalue weighted by Crippen LogP contribution is 2.11. The fourth-order valence-electron chi connectivity index (χ4n) is 0.919. The molecule has 0 spiro atoms. The minimum Gasteiger partial charge on any atom is -0.481 e. The van der Waals surface area contributed by atoms with Gasteiger partial charge in [-0.25, -0.2) is 0 Å². The van der Waals surface area contributed by atoms with Crippen molar-refractivity contribution in [2.24, 2.45) is 0 Å². The van der Waals surface area contributed by atoms with Crippen LogP contribution < -0.4 is 10.6 Å². The lowest BCUT2D eigenvalue weighted by Crippen LogP contribution is -2.16. The van der Waals surface area contributed by atoms with Crippen LogP contribution in [-0.2, 0) is 10.5 Å². The lowest BCUT2D eigenvalue weighted by molar-refractivity contribution is -0.133. The van der Waals surface area contributed by atoms with Crippen molar-refractivity contribution >= 4 is 29.6 Å². The number of carbonyl (C=O) groups is 1. The largest absolute Gasteiger partial charge is 0.481 e. The Balaban J connectivity index is 2.69. The Bertz CT molecular complexity index is 385. The monoisotopic (exact) mass is 243 g/mol. The number of aliphatic carboxylic acids is 1. The first kappa shape index (κ1) is 12.5. The molecule has 0 bridgehead atoms. The molecule has 0 radical (unpaired) electrons. The van der Waals surface area contributed by atoms with E-state index in [-0.39, 0.29) is 11.7 Å². The van der Waals surface area contributed by atoms with Gasteiger partial charge in [0.1, 0.15) is 5.82 Å². The van der Waals surface area contributed by atoms with Gasteiger partial charge in [0.05, 0.1) is 11.5 Å². The average molecular weight is 243 g/mol. The van der Waals surface area contributed by atoms with Crippen LogP contribution in [0.25, 0.3) is 0 Å². The summed E-state index contributed by atoms with van der Waals surface area (Å²) in [5.74, 6) is 0.660. The van der Waals surface area contributed by atoms with Gasteiger partial charge < -0.3 is 15.7 Å². The van der Waals surface area contributed by atoms with E-state index in [1.165, 1.54) is 11.8 Å². The molecule has 0 fully saturated rings. The second kappa shape index (κ2) is 5.50. The third-order valence-corrected chi connectivity index (χ3v) is 2.46. The minimum absolute atomic E-state index is 0.0168. The summed E-state index contributed by atoms with van der Waals surface area (Å²) in [6.45, 7) is 0. The number of carboxylic acids is 1. The lowest BCUT2D eigenvalue weighted by atomic mass is 10.6. The van der Waals surface area contributed by atoms with E-state index in [4.69, 9.17) is 10.8 Å². The Kier molecular flexibility index (Phi) is 4.29. The third kappa shape index (κ3) is 3.89. The van der Waals surface area contributed by atoms with Gasteiger partial charge in [-0.2, -0.15) is 15.0 Å². The van der Waals surface area contributed by atoms with Crippen LogP contribution in [0.15, 0.2) is 0 Å². The molecule has 3 N–H and O–H groups in total. The zero-order valence-corrected chi connectivity index (χ0v) is 9.86. The van der Waals surface area contributed by atoms with Gasteiger partial charge in [-0.1, -0.05) is 0 Å². The number of hydrogen-bond acceptors (Lipinski definition) is 7. The van der Waals surface area contributed by atoms with Crippen LogP contribution in [0.4, 0.5) is 11.9 Å². The fraction of sp³-hybridized carbons (Fsp3) is 0.500. The zero-order chi connectivity index (χ0) is 12.1. The van der Waals surface area contributed by atoms with Crippen molar-refractivity contribution in [1.29, 1.82) is 0 Å². The van der Waals surface area contributed by atoms with E-state index in [0.717, 1.165) is 0 Å². The lowest BCUT2D eigenvalue weighted by Gasteiger charge is -2.10. The molecule has 0 aliphatic heterocycles. The SMILES string of the molecule is CN(C)c1nc(N)nc(CSCC(=O)O)n1. The van der Waals surface area contributed by atoms with Crippen LogP contribution in [0.3, 0.4) is 0 Å². The predicted molar refractivity (Wildman–Crippen MR) is 62.4 cm³/mol. The normalized spacial score (nSPS) is 10.1. The Hall–Kier alpha value is -1.57. The van der Waals surface area contributed by atoms with Gasteiger partial charge in [0.15, 0.2) is 0 Å². The molecule has 1 aromatic rings. The Morgan fingerprint density at radius 2 is 2.12 bits per heavy atom. The summed E-state index contributed by atoms with van der Waals surface area (Å²) in [5.41, 5.74) is 5.51. The second-order valence-electron chi connectivity index (χ2n) is 3.19. The summed E-state index contributed by atoms with van der Waals surface area (Å²) in [6.07, 6.45) is 0. The number of aromatic nitrogens is 3. The van der Waals surface area contributed by atoms with Crippen LogP contribution in [-0.4, -0.2) is 45.9 Å². The van der Waals surface area contributed by atoms with E-state index < -0.39 is 5.97 Å². The highest BCUT2D eigenvalue weighted by molar-refractivity contribution is 7.99. The fourth-order valence-corrected chi connectivity index (χ4v) is 1.51. The highest BCUT2D eigenvalue weighted by Gasteiger charge is 2.07. The second-order valence-corrected chi connectivity index (χ2v) is 4.18. The summed E-state index contributed by atoms with van der Waals surface area (Å²) in [4.78, 5) is 24.0. The molecule has 1 aromatic heterocycles. The van der Waals surface area contributed by atoms with E-state index >= 15 is 0 Å². The highest BCUT2D eigenvalue weighted by atomic mass is 32.2. The summed E-state index contributed by atoms with van der Waals surface area (Å²) in [5, 5.41) is 8.48. The molecule has 0 aliphatic carbocycles. The first-order valence-corrected chi connectivity index (χ1v) is 5.62. The number of nitrogen functional groups attached to an aromatic ring is 1. The van der Waals surface area contributed by atoms with E-state index in [1.807, 2.05) is 0 Å². The number of hydrogen-bond donors (Lipinski definition) is 2. The van der Waals surface area contributed by atoms with Crippen LogP contribution in [0.5, 0.6) is 0 Å². The van der Waals surface area contributed by atoms with Gasteiger partial charge in [0, 0.05) is 14.1 Å². The minimum atomic E-state index is -0.861. The number of thioether (sulfide) groups is 1. The molecule has 0 aliphatic rings. The van der Waals surface area contributed by atoms with Crippen molar-refractivity contribution in [3.8, 4) is 0 Å². The van der Waals surface area contributed by atoms with Crippen LogP contribution in [0.2, 0.25) is 0 Å². The van der Waals surface area contributed by atoms with Crippen molar-refractivity contribution in [2.45, 2.75) is 5.75 Å². The molecule has 0 atom stereocenters. The molecule has 0 unspecified atom stereocenters. The van der Waals surface area contributed by atoms with Gasteiger partial charge >= 0.3 is 5.97 Å². The van der Waals surface area contributed by atoms with Crippen molar-refractivity contribution in [1.82, 2.24) is 15.0 Å². The molecule has 1 rings (SSSR count). The molecule has 0 saturated carbocycles. The molecule has 16 heavy (non-hydrogen) atoms. The quantitative estimate of drug-likeness (QED) is 0.734.